The largest absolute Gasteiger partial charge is 0.338 e. The van der Waals surface area contributed by atoms with Crippen LogP contribution in [0.1, 0.15) is 45.4 Å². The zero-order chi connectivity index (χ0) is 10.7. The van der Waals surface area contributed by atoms with E-state index in [1.807, 2.05) is 4.90 Å². The fourth-order valence-corrected chi connectivity index (χ4v) is 2.91. The molecule has 1 unspecified atom stereocenters. The number of hydrogen-bond acceptors (Lipinski definition) is 1. The number of nitrogens with zero attached hydrogens (tertiary/aromatic N) is 1. The molecule has 3 nitrogen and oxygen atoms in total. The van der Waals surface area contributed by atoms with Gasteiger partial charge >= 0.3 is 6.03 Å². The summed E-state index contributed by atoms with van der Waals surface area (Å²) in [7, 11) is 0. The lowest BCUT2D eigenvalue weighted by molar-refractivity contribution is 0.127. The molecule has 1 heterocycles. The maximum absolute atomic E-state index is 11.7. The van der Waals surface area contributed by atoms with Crippen LogP contribution in [0.25, 0.3) is 0 Å². The Kier molecular flexibility index (Phi) is 3.49. The first-order valence-electron chi connectivity index (χ1n) is 6.33. The average Bonchev–Trinajstić information content (AvgIpc) is 2.30. The molecule has 0 aromatic heterocycles. The van der Waals surface area contributed by atoms with Crippen molar-refractivity contribution in [3.05, 3.63) is 0 Å². The quantitative estimate of drug-likeness (QED) is 0.745. The summed E-state index contributed by atoms with van der Waals surface area (Å²) in [4.78, 5) is 13.7. The van der Waals surface area contributed by atoms with E-state index in [4.69, 9.17) is 0 Å². The number of hydrogen-bond donors (Lipinski definition) is 1. The summed E-state index contributed by atoms with van der Waals surface area (Å²) in [6.45, 7) is 4.02. The molecule has 3 heteroatoms. The van der Waals surface area contributed by atoms with Crippen LogP contribution in [0.5, 0.6) is 0 Å². The number of carbonyl (C=O) groups excluding carboxylic acids is 1. The van der Waals surface area contributed by atoms with Crippen LogP contribution in [0.15, 0.2) is 0 Å². The second-order valence-electron chi connectivity index (χ2n) is 4.92. The van der Waals surface area contributed by atoms with Gasteiger partial charge in [0.25, 0.3) is 0 Å². The fraction of sp³-hybridized carbons (Fsp3) is 0.917. The van der Waals surface area contributed by atoms with Crippen LogP contribution in [0.3, 0.4) is 0 Å². The van der Waals surface area contributed by atoms with Crippen molar-refractivity contribution in [2.24, 2.45) is 5.92 Å². The minimum absolute atomic E-state index is 0.152. The molecule has 1 aliphatic heterocycles. The molecule has 0 bridgehead atoms. The maximum atomic E-state index is 11.7. The summed E-state index contributed by atoms with van der Waals surface area (Å²) >= 11 is 0. The van der Waals surface area contributed by atoms with Crippen LogP contribution in [-0.4, -0.2) is 30.1 Å². The predicted molar refractivity (Wildman–Crippen MR) is 60.8 cm³/mol. The first-order chi connectivity index (χ1) is 7.29. The number of rotatable bonds is 2. The van der Waals surface area contributed by atoms with E-state index in [1.165, 1.54) is 32.1 Å². The van der Waals surface area contributed by atoms with Crippen molar-refractivity contribution in [2.45, 2.75) is 51.5 Å². The molecule has 0 aromatic rings. The van der Waals surface area contributed by atoms with Gasteiger partial charge in [0.2, 0.25) is 0 Å². The lowest BCUT2D eigenvalue weighted by Gasteiger charge is -2.38. The molecule has 1 aliphatic carbocycles. The SMILES string of the molecule is CC(C1CCCCC1)N1CCCNC1=O. The van der Waals surface area contributed by atoms with Crippen LogP contribution < -0.4 is 5.32 Å². The summed E-state index contributed by atoms with van der Waals surface area (Å²) in [6, 6.07) is 0.588. The molecule has 0 radical (unpaired) electrons. The maximum Gasteiger partial charge on any atom is 0.317 e. The molecule has 2 rings (SSSR count). The van der Waals surface area contributed by atoms with Crippen molar-refractivity contribution in [3.63, 3.8) is 0 Å². The third-order valence-corrected chi connectivity index (χ3v) is 3.94. The van der Waals surface area contributed by atoms with Crippen LogP contribution in [0, 0.1) is 5.92 Å². The Hall–Kier alpha value is -0.730. The van der Waals surface area contributed by atoms with Gasteiger partial charge in [0.15, 0.2) is 0 Å². The van der Waals surface area contributed by atoms with Crippen LogP contribution in [0.4, 0.5) is 4.79 Å². The Morgan fingerprint density at radius 1 is 1.27 bits per heavy atom. The minimum Gasteiger partial charge on any atom is -0.338 e. The molecular formula is C12H22N2O. The number of amides is 2. The molecule has 15 heavy (non-hydrogen) atoms. The monoisotopic (exact) mass is 210 g/mol. The van der Waals surface area contributed by atoms with E-state index in [9.17, 15) is 4.79 Å². The highest BCUT2D eigenvalue weighted by Crippen LogP contribution is 2.29. The first-order valence-corrected chi connectivity index (χ1v) is 6.33. The lowest BCUT2D eigenvalue weighted by Crippen LogP contribution is -2.52. The normalized spacial score (nSPS) is 26.2. The smallest absolute Gasteiger partial charge is 0.317 e. The number of nitrogens with one attached hydrogen (secondary N) is 1. The van der Waals surface area contributed by atoms with Gasteiger partial charge in [-0.05, 0) is 32.1 Å². The third kappa shape index (κ3) is 2.44. The van der Waals surface area contributed by atoms with Crippen molar-refractivity contribution in [2.75, 3.05) is 13.1 Å². The first kappa shape index (κ1) is 10.8. The molecule has 2 fully saturated rings. The third-order valence-electron chi connectivity index (χ3n) is 3.94. The minimum atomic E-state index is 0.152. The number of carbonyl (C=O) groups is 1. The second-order valence-corrected chi connectivity index (χ2v) is 4.92. The molecule has 1 N–H and O–H groups in total. The van der Waals surface area contributed by atoms with E-state index in [0.29, 0.717) is 6.04 Å². The summed E-state index contributed by atoms with van der Waals surface area (Å²) in [6.07, 6.45) is 7.81. The molecular weight excluding hydrogens is 188 g/mol. The van der Waals surface area contributed by atoms with Gasteiger partial charge in [-0.25, -0.2) is 4.79 Å². The van der Waals surface area contributed by atoms with Crippen LogP contribution in [0.2, 0.25) is 0 Å². The standard InChI is InChI=1S/C12H22N2O/c1-10(11-6-3-2-4-7-11)14-9-5-8-13-12(14)15/h10-11H,2-9H2,1H3,(H,13,15). The summed E-state index contributed by atoms with van der Waals surface area (Å²) in [5, 5.41) is 2.94. The van der Waals surface area contributed by atoms with Crippen molar-refractivity contribution in [1.82, 2.24) is 10.2 Å². The van der Waals surface area contributed by atoms with E-state index >= 15 is 0 Å². The summed E-state index contributed by atoms with van der Waals surface area (Å²) in [5.74, 6) is 0.739. The van der Waals surface area contributed by atoms with Crippen LogP contribution in [-0.2, 0) is 0 Å². The lowest BCUT2D eigenvalue weighted by atomic mass is 9.84. The Balaban J connectivity index is 1.92. The van der Waals surface area contributed by atoms with Gasteiger partial charge in [0.1, 0.15) is 0 Å². The van der Waals surface area contributed by atoms with Gasteiger partial charge in [-0.1, -0.05) is 19.3 Å². The molecule has 1 atom stereocenters. The molecule has 1 saturated heterocycles. The van der Waals surface area contributed by atoms with Gasteiger partial charge < -0.3 is 10.2 Å². The number of urea groups is 1. The summed E-state index contributed by atoms with van der Waals surface area (Å²) < 4.78 is 0. The molecule has 86 valence electrons. The highest BCUT2D eigenvalue weighted by molar-refractivity contribution is 5.75. The van der Waals surface area contributed by atoms with Gasteiger partial charge in [-0.2, -0.15) is 0 Å². The highest BCUT2D eigenvalue weighted by Gasteiger charge is 2.29. The summed E-state index contributed by atoms with van der Waals surface area (Å²) in [5.41, 5.74) is 0. The van der Waals surface area contributed by atoms with Crippen molar-refractivity contribution >= 4 is 6.03 Å². The van der Waals surface area contributed by atoms with Gasteiger partial charge in [0.05, 0.1) is 0 Å². The van der Waals surface area contributed by atoms with Gasteiger partial charge in [0, 0.05) is 19.1 Å². The van der Waals surface area contributed by atoms with E-state index in [2.05, 4.69) is 12.2 Å². The molecule has 0 aromatic carbocycles. The Morgan fingerprint density at radius 2 is 2.00 bits per heavy atom. The Bertz CT molecular complexity index is 224. The zero-order valence-electron chi connectivity index (χ0n) is 9.67. The molecule has 0 spiro atoms. The molecule has 1 saturated carbocycles. The Morgan fingerprint density at radius 3 is 2.67 bits per heavy atom. The average molecular weight is 210 g/mol. The van der Waals surface area contributed by atoms with Gasteiger partial charge in [-0.15, -0.1) is 0 Å². The van der Waals surface area contributed by atoms with E-state index < -0.39 is 0 Å². The fourth-order valence-electron chi connectivity index (χ4n) is 2.91. The molecule has 2 aliphatic rings. The topological polar surface area (TPSA) is 32.3 Å². The van der Waals surface area contributed by atoms with Crippen molar-refractivity contribution in [1.29, 1.82) is 0 Å². The van der Waals surface area contributed by atoms with Crippen LogP contribution >= 0.6 is 0 Å². The van der Waals surface area contributed by atoms with Gasteiger partial charge in [-0.3, -0.25) is 0 Å². The van der Waals surface area contributed by atoms with E-state index in [-0.39, 0.29) is 6.03 Å². The predicted octanol–water partition coefficient (Wildman–Crippen LogP) is 2.37. The zero-order valence-corrected chi connectivity index (χ0v) is 9.67. The van der Waals surface area contributed by atoms with E-state index in [1.54, 1.807) is 0 Å². The van der Waals surface area contributed by atoms with Crippen molar-refractivity contribution in [3.8, 4) is 0 Å². The van der Waals surface area contributed by atoms with Crippen molar-refractivity contribution < 1.29 is 4.79 Å². The second kappa shape index (κ2) is 4.86. The highest BCUT2D eigenvalue weighted by atomic mass is 16.2. The Labute approximate surface area is 92.2 Å². The van der Waals surface area contributed by atoms with E-state index in [0.717, 1.165) is 25.4 Å². The molecule has 2 amide bonds.